The van der Waals surface area contributed by atoms with Crippen molar-refractivity contribution < 1.29 is 14.3 Å². The van der Waals surface area contributed by atoms with Crippen molar-refractivity contribution in [2.75, 3.05) is 13.2 Å². The van der Waals surface area contributed by atoms with Crippen molar-refractivity contribution in [2.24, 2.45) is 0 Å². The predicted molar refractivity (Wildman–Crippen MR) is 89.0 cm³/mol. The number of hydrogen-bond donors (Lipinski definition) is 0. The Hall–Kier alpha value is -1.14. The van der Waals surface area contributed by atoms with E-state index in [2.05, 4.69) is 24.6 Å². The van der Waals surface area contributed by atoms with Crippen LogP contribution in [0, 0.1) is 6.92 Å². The van der Waals surface area contributed by atoms with Gasteiger partial charge < -0.3 is 9.47 Å². The fourth-order valence-electron chi connectivity index (χ4n) is 2.37. The van der Waals surface area contributed by atoms with Crippen LogP contribution in [0.1, 0.15) is 47.7 Å². The maximum absolute atomic E-state index is 12.2. The molecule has 0 saturated heterocycles. The van der Waals surface area contributed by atoms with E-state index in [4.69, 9.17) is 9.47 Å². The molecule has 6 heteroatoms. The van der Waals surface area contributed by atoms with E-state index < -0.39 is 8.07 Å². The zero-order valence-corrected chi connectivity index (χ0v) is 15.4. The minimum Gasteiger partial charge on any atom is -0.461 e. The summed E-state index contributed by atoms with van der Waals surface area (Å²) in [6.07, 6.45) is 2.29. The second-order valence-corrected chi connectivity index (χ2v) is 12.8. The van der Waals surface area contributed by atoms with Crippen LogP contribution in [0.4, 0.5) is 0 Å². The van der Waals surface area contributed by atoms with Crippen molar-refractivity contribution in [3.8, 4) is 0 Å². The van der Waals surface area contributed by atoms with Crippen LogP contribution in [0.5, 0.6) is 0 Å². The van der Waals surface area contributed by atoms with Crippen LogP contribution >= 0.6 is 0 Å². The second-order valence-electron chi connectivity index (χ2n) is 7.17. The highest BCUT2D eigenvalue weighted by molar-refractivity contribution is 6.76. The fourth-order valence-corrected chi connectivity index (χ4v) is 3.13. The third-order valence-corrected chi connectivity index (χ3v) is 5.50. The van der Waals surface area contributed by atoms with Crippen LogP contribution in [-0.4, -0.2) is 36.8 Å². The largest absolute Gasteiger partial charge is 0.461 e. The lowest BCUT2D eigenvalue weighted by atomic mass is 10.3. The molecule has 1 aromatic heterocycles. The number of imidazole rings is 1. The van der Waals surface area contributed by atoms with Crippen LogP contribution in [0.2, 0.25) is 25.7 Å². The first kappa shape index (κ1) is 17.2. The molecule has 0 aromatic carbocycles. The Morgan fingerprint density at radius 2 is 2.05 bits per heavy atom. The quantitative estimate of drug-likeness (QED) is 0.417. The van der Waals surface area contributed by atoms with Gasteiger partial charge in [0, 0.05) is 20.6 Å². The molecule has 0 atom stereocenters. The highest BCUT2D eigenvalue weighted by Gasteiger charge is 2.32. The molecular weight excluding hydrogens is 296 g/mol. The zero-order chi connectivity index (χ0) is 16.3. The normalized spacial score (nSPS) is 15.1. The van der Waals surface area contributed by atoms with Gasteiger partial charge in [-0.3, -0.25) is 4.57 Å². The van der Waals surface area contributed by atoms with Gasteiger partial charge in [0.25, 0.3) is 0 Å². The van der Waals surface area contributed by atoms with Crippen LogP contribution in [0.15, 0.2) is 0 Å². The first-order chi connectivity index (χ1) is 10.3. The lowest BCUT2D eigenvalue weighted by Gasteiger charge is -2.17. The highest BCUT2D eigenvalue weighted by atomic mass is 28.3. The van der Waals surface area contributed by atoms with Gasteiger partial charge >= 0.3 is 5.97 Å². The average Bonchev–Trinajstić information content (AvgIpc) is 3.18. The van der Waals surface area contributed by atoms with Crippen molar-refractivity contribution in [3.63, 3.8) is 0 Å². The molecule has 1 heterocycles. The van der Waals surface area contributed by atoms with Crippen molar-refractivity contribution in [2.45, 2.75) is 65.0 Å². The van der Waals surface area contributed by atoms with Gasteiger partial charge in [0.2, 0.25) is 0 Å². The van der Waals surface area contributed by atoms with Crippen molar-refractivity contribution in [3.05, 3.63) is 17.2 Å². The van der Waals surface area contributed by atoms with Crippen molar-refractivity contribution in [1.82, 2.24) is 9.55 Å². The first-order valence-corrected chi connectivity index (χ1v) is 11.9. The van der Waals surface area contributed by atoms with E-state index in [1.807, 2.05) is 18.4 Å². The van der Waals surface area contributed by atoms with E-state index >= 15 is 0 Å². The Bertz CT molecular complexity index is 530. The molecule has 2 rings (SSSR count). The molecule has 0 unspecified atom stereocenters. The first-order valence-electron chi connectivity index (χ1n) is 8.15. The number of aromatic nitrogens is 2. The number of ether oxygens (including phenoxy) is 2. The smallest absolute Gasteiger partial charge is 0.356 e. The number of hydrogen-bond acceptors (Lipinski definition) is 4. The summed E-state index contributed by atoms with van der Waals surface area (Å²) in [5.74, 6) is 1.16. The Balaban J connectivity index is 2.11. The Morgan fingerprint density at radius 3 is 2.59 bits per heavy atom. The summed E-state index contributed by atoms with van der Waals surface area (Å²) in [5, 5.41) is 0. The van der Waals surface area contributed by atoms with Gasteiger partial charge in [0.15, 0.2) is 5.69 Å². The Labute approximate surface area is 134 Å². The summed E-state index contributed by atoms with van der Waals surface area (Å²) in [4.78, 5) is 16.8. The number of esters is 1. The van der Waals surface area contributed by atoms with Gasteiger partial charge in [0.05, 0.1) is 12.3 Å². The molecule has 5 nitrogen and oxygen atoms in total. The van der Waals surface area contributed by atoms with E-state index in [1.54, 1.807) is 0 Å². The van der Waals surface area contributed by atoms with Gasteiger partial charge in [-0.25, -0.2) is 9.78 Å². The lowest BCUT2D eigenvalue weighted by Crippen LogP contribution is -2.23. The molecule has 1 aliphatic carbocycles. The van der Waals surface area contributed by atoms with Crippen LogP contribution in [0.25, 0.3) is 0 Å². The Kier molecular flexibility index (Phi) is 5.44. The minimum absolute atomic E-state index is 0.298. The van der Waals surface area contributed by atoms with E-state index in [1.165, 1.54) is 0 Å². The maximum atomic E-state index is 12.2. The molecular formula is C16H28N2O3Si. The SMILES string of the molecule is CCOC(=O)c1c(C)nc(C2CC2)n1COCC[Si](C)(C)C. The fraction of sp³-hybridized carbons (Fsp3) is 0.750. The molecule has 22 heavy (non-hydrogen) atoms. The Morgan fingerprint density at radius 1 is 1.36 bits per heavy atom. The number of aryl methyl sites for hydroxylation is 1. The standard InChI is InChI=1S/C16H28N2O3Si/c1-6-21-16(19)14-12(2)17-15(13-7-8-13)18(14)11-20-9-10-22(3,4)5/h13H,6-11H2,1-5H3. The molecule has 124 valence electrons. The minimum atomic E-state index is -1.10. The van der Waals surface area contributed by atoms with Crippen molar-refractivity contribution in [1.29, 1.82) is 0 Å². The molecule has 1 aromatic rings. The second kappa shape index (κ2) is 6.96. The van der Waals surface area contributed by atoms with Gasteiger partial charge in [-0.15, -0.1) is 0 Å². The van der Waals surface area contributed by atoms with Gasteiger partial charge in [-0.1, -0.05) is 19.6 Å². The summed E-state index contributed by atoms with van der Waals surface area (Å²) in [6, 6.07) is 1.12. The molecule has 0 amide bonds. The summed E-state index contributed by atoms with van der Waals surface area (Å²) < 4.78 is 12.9. The van der Waals surface area contributed by atoms with Crippen LogP contribution < -0.4 is 0 Å². The number of nitrogens with zero attached hydrogens (tertiary/aromatic N) is 2. The van der Waals surface area contributed by atoms with Gasteiger partial charge in [-0.05, 0) is 32.7 Å². The monoisotopic (exact) mass is 324 g/mol. The topological polar surface area (TPSA) is 53.3 Å². The van der Waals surface area contributed by atoms with Crippen LogP contribution in [0.3, 0.4) is 0 Å². The molecule has 0 aliphatic heterocycles. The molecule has 1 fully saturated rings. The molecule has 1 aliphatic rings. The number of carbonyl (C=O) groups excluding carboxylic acids is 1. The van der Waals surface area contributed by atoms with E-state index in [0.29, 0.717) is 24.9 Å². The summed E-state index contributed by atoms with van der Waals surface area (Å²) in [5.41, 5.74) is 1.30. The third-order valence-electron chi connectivity index (χ3n) is 3.80. The highest BCUT2D eigenvalue weighted by Crippen LogP contribution is 2.40. The average molecular weight is 324 g/mol. The number of rotatable bonds is 8. The van der Waals surface area contributed by atoms with E-state index in [-0.39, 0.29) is 5.97 Å². The predicted octanol–water partition coefficient (Wildman–Crippen LogP) is 3.56. The third kappa shape index (κ3) is 4.43. The van der Waals surface area contributed by atoms with E-state index in [9.17, 15) is 4.79 Å². The zero-order valence-electron chi connectivity index (χ0n) is 14.4. The van der Waals surface area contributed by atoms with Crippen LogP contribution in [-0.2, 0) is 16.2 Å². The molecule has 0 N–H and O–H groups in total. The molecule has 0 radical (unpaired) electrons. The maximum Gasteiger partial charge on any atom is 0.356 e. The lowest BCUT2D eigenvalue weighted by molar-refractivity contribution is 0.0469. The summed E-state index contributed by atoms with van der Waals surface area (Å²) in [7, 11) is -1.10. The van der Waals surface area contributed by atoms with Crippen molar-refractivity contribution >= 4 is 14.0 Å². The molecule has 1 saturated carbocycles. The van der Waals surface area contributed by atoms with E-state index in [0.717, 1.165) is 37.0 Å². The van der Waals surface area contributed by atoms with Gasteiger partial charge in [-0.2, -0.15) is 0 Å². The summed E-state index contributed by atoms with van der Waals surface area (Å²) in [6.45, 7) is 12.2. The number of carbonyl (C=O) groups is 1. The van der Waals surface area contributed by atoms with Gasteiger partial charge in [0.1, 0.15) is 12.6 Å². The summed E-state index contributed by atoms with van der Waals surface area (Å²) >= 11 is 0. The molecule has 0 spiro atoms. The molecule has 0 bridgehead atoms.